The maximum atomic E-state index is 5.65. The molecular weight excluding hydrogens is 214 g/mol. The van der Waals surface area contributed by atoms with Crippen molar-refractivity contribution in [3.8, 4) is 0 Å². The number of thioether (sulfide) groups is 1. The first-order valence-electron chi connectivity index (χ1n) is 5.77. The molecule has 0 atom stereocenters. The minimum Gasteiger partial charge on any atom is -0.300 e. The zero-order valence-corrected chi connectivity index (χ0v) is 11.0. The van der Waals surface area contributed by atoms with Crippen molar-refractivity contribution in [2.24, 2.45) is 0 Å². The van der Waals surface area contributed by atoms with E-state index in [4.69, 9.17) is 11.6 Å². The molecule has 0 aromatic carbocycles. The van der Waals surface area contributed by atoms with Gasteiger partial charge in [0.05, 0.1) is 0 Å². The zero-order valence-electron chi connectivity index (χ0n) is 9.39. The average Bonchev–Trinajstić information content (AvgIpc) is 2.65. The molecule has 2 saturated heterocycles. The predicted octanol–water partition coefficient (Wildman–Crippen LogP) is 3.22. The Bertz CT molecular complexity index is 149. The number of halogens is 1. The monoisotopic (exact) mass is 235 g/mol. The van der Waals surface area contributed by atoms with Gasteiger partial charge < -0.3 is 4.90 Å². The van der Waals surface area contributed by atoms with Crippen LogP contribution in [0.1, 0.15) is 33.1 Å². The van der Waals surface area contributed by atoms with E-state index in [0.717, 1.165) is 12.3 Å². The Kier molecular flexibility index (Phi) is 5.65. The first-order chi connectivity index (χ1) is 6.85. The Morgan fingerprint density at radius 1 is 1.36 bits per heavy atom. The smallest absolute Gasteiger partial charge is 0.0414 e. The topological polar surface area (TPSA) is 3.24 Å². The van der Waals surface area contributed by atoms with Crippen molar-refractivity contribution >= 4 is 23.4 Å². The molecule has 2 aliphatic heterocycles. The molecule has 0 amide bonds. The van der Waals surface area contributed by atoms with E-state index in [0.29, 0.717) is 4.75 Å². The highest BCUT2D eigenvalue weighted by Crippen LogP contribution is 2.44. The van der Waals surface area contributed by atoms with Crippen LogP contribution in [0.15, 0.2) is 0 Å². The van der Waals surface area contributed by atoms with Crippen molar-refractivity contribution in [2.75, 3.05) is 31.3 Å². The quantitative estimate of drug-likeness (QED) is 0.692. The molecule has 1 nitrogen and oxygen atoms in total. The SMILES string of the molecule is CC.ClCCCN1CC2(CCCS2)C1. The van der Waals surface area contributed by atoms with E-state index in [2.05, 4.69) is 16.7 Å². The molecule has 0 radical (unpaired) electrons. The predicted molar refractivity (Wildman–Crippen MR) is 67.5 cm³/mol. The Morgan fingerprint density at radius 2 is 2.07 bits per heavy atom. The van der Waals surface area contributed by atoms with Crippen molar-refractivity contribution in [1.29, 1.82) is 0 Å². The fourth-order valence-electron chi connectivity index (χ4n) is 2.21. The Labute approximate surface area is 97.6 Å². The number of hydrogen-bond acceptors (Lipinski definition) is 2. The van der Waals surface area contributed by atoms with Gasteiger partial charge in [-0.2, -0.15) is 11.8 Å². The van der Waals surface area contributed by atoms with Crippen LogP contribution in [0.4, 0.5) is 0 Å². The minimum atomic E-state index is 0.687. The number of likely N-dealkylation sites (tertiary alicyclic amines) is 1. The van der Waals surface area contributed by atoms with Gasteiger partial charge in [-0.1, -0.05) is 13.8 Å². The second-order valence-electron chi connectivity index (χ2n) is 3.89. The van der Waals surface area contributed by atoms with Crippen LogP contribution in [0.25, 0.3) is 0 Å². The lowest BCUT2D eigenvalue weighted by atomic mass is 9.94. The van der Waals surface area contributed by atoms with E-state index in [9.17, 15) is 0 Å². The molecule has 84 valence electrons. The van der Waals surface area contributed by atoms with Crippen molar-refractivity contribution in [3.63, 3.8) is 0 Å². The van der Waals surface area contributed by atoms with Crippen molar-refractivity contribution < 1.29 is 0 Å². The van der Waals surface area contributed by atoms with E-state index >= 15 is 0 Å². The molecule has 0 aromatic rings. The van der Waals surface area contributed by atoms with Gasteiger partial charge in [-0.05, 0) is 31.6 Å². The van der Waals surface area contributed by atoms with Crippen LogP contribution in [0, 0.1) is 0 Å². The fourth-order valence-corrected chi connectivity index (χ4v) is 3.89. The van der Waals surface area contributed by atoms with E-state index < -0.39 is 0 Å². The normalized spacial score (nSPS) is 24.2. The van der Waals surface area contributed by atoms with Crippen LogP contribution in [-0.2, 0) is 0 Å². The van der Waals surface area contributed by atoms with E-state index in [1.165, 1.54) is 38.2 Å². The van der Waals surface area contributed by atoms with Crippen LogP contribution >= 0.6 is 23.4 Å². The summed E-state index contributed by atoms with van der Waals surface area (Å²) in [7, 11) is 0. The van der Waals surface area contributed by atoms with Crippen molar-refractivity contribution in [1.82, 2.24) is 4.90 Å². The molecular formula is C11H22ClNS. The van der Waals surface area contributed by atoms with Gasteiger partial charge in [-0.15, -0.1) is 11.6 Å². The summed E-state index contributed by atoms with van der Waals surface area (Å²) in [4.78, 5) is 2.54. The molecule has 2 rings (SSSR count). The van der Waals surface area contributed by atoms with Gasteiger partial charge in [0, 0.05) is 23.7 Å². The highest BCUT2D eigenvalue weighted by Gasteiger charge is 2.44. The fraction of sp³-hybridized carbons (Fsp3) is 1.00. The average molecular weight is 236 g/mol. The summed E-state index contributed by atoms with van der Waals surface area (Å²) in [5, 5.41) is 0. The van der Waals surface area contributed by atoms with Crippen LogP contribution in [0.2, 0.25) is 0 Å². The van der Waals surface area contributed by atoms with Crippen molar-refractivity contribution in [2.45, 2.75) is 37.9 Å². The maximum absolute atomic E-state index is 5.65. The van der Waals surface area contributed by atoms with Crippen molar-refractivity contribution in [3.05, 3.63) is 0 Å². The third-order valence-corrected chi connectivity index (χ3v) is 4.65. The molecule has 0 saturated carbocycles. The lowest BCUT2D eigenvalue weighted by Gasteiger charge is -2.47. The lowest BCUT2D eigenvalue weighted by molar-refractivity contribution is 0.125. The largest absolute Gasteiger partial charge is 0.300 e. The second-order valence-corrected chi connectivity index (χ2v) is 5.83. The Balaban J connectivity index is 0.000000461. The number of rotatable bonds is 3. The summed E-state index contributed by atoms with van der Waals surface area (Å²) in [6.07, 6.45) is 4.05. The number of alkyl halides is 1. The van der Waals surface area contributed by atoms with Gasteiger partial charge in [0.25, 0.3) is 0 Å². The maximum Gasteiger partial charge on any atom is 0.0414 e. The van der Waals surface area contributed by atoms with E-state index in [1.807, 2.05) is 13.8 Å². The molecule has 0 N–H and O–H groups in total. The van der Waals surface area contributed by atoms with Crippen LogP contribution in [0.3, 0.4) is 0 Å². The summed E-state index contributed by atoms with van der Waals surface area (Å²) < 4.78 is 0.687. The Hall–Kier alpha value is 0.600. The molecule has 0 bridgehead atoms. The molecule has 2 aliphatic rings. The molecule has 2 heterocycles. The highest BCUT2D eigenvalue weighted by atomic mass is 35.5. The van der Waals surface area contributed by atoms with Crippen LogP contribution in [-0.4, -0.2) is 40.9 Å². The van der Waals surface area contributed by atoms with Gasteiger partial charge in [0.1, 0.15) is 0 Å². The minimum absolute atomic E-state index is 0.687. The van der Waals surface area contributed by atoms with Gasteiger partial charge in [-0.3, -0.25) is 0 Å². The summed E-state index contributed by atoms with van der Waals surface area (Å²) in [5.74, 6) is 2.21. The molecule has 0 aromatic heterocycles. The molecule has 1 spiro atoms. The molecule has 3 heteroatoms. The third kappa shape index (κ3) is 3.04. The zero-order chi connectivity index (χ0) is 10.4. The Morgan fingerprint density at radius 3 is 2.57 bits per heavy atom. The van der Waals surface area contributed by atoms with Gasteiger partial charge >= 0.3 is 0 Å². The van der Waals surface area contributed by atoms with Gasteiger partial charge in [-0.25, -0.2) is 0 Å². The number of hydrogen-bond donors (Lipinski definition) is 0. The molecule has 2 fully saturated rings. The third-order valence-electron chi connectivity index (χ3n) is 2.82. The highest BCUT2D eigenvalue weighted by molar-refractivity contribution is 8.01. The second kappa shape index (κ2) is 6.24. The van der Waals surface area contributed by atoms with Crippen LogP contribution < -0.4 is 0 Å². The summed E-state index contributed by atoms with van der Waals surface area (Å²) in [6.45, 7) is 7.87. The van der Waals surface area contributed by atoms with Gasteiger partial charge in [0.2, 0.25) is 0 Å². The van der Waals surface area contributed by atoms with Crippen LogP contribution in [0.5, 0.6) is 0 Å². The summed E-state index contributed by atoms with van der Waals surface area (Å²) >= 11 is 7.84. The first-order valence-corrected chi connectivity index (χ1v) is 7.29. The summed E-state index contributed by atoms with van der Waals surface area (Å²) in [6, 6.07) is 0. The van der Waals surface area contributed by atoms with E-state index in [-0.39, 0.29) is 0 Å². The molecule has 0 aliphatic carbocycles. The molecule has 14 heavy (non-hydrogen) atoms. The molecule has 0 unspecified atom stereocenters. The summed E-state index contributed by atoms with van der Waals surface area (Å²) in [5.41, 5.74) is 0. The standard InChI is InChI=1S/C9H16ClNS.C2H6/c10-4-2-5-11-7-9(8-11)3-1-6-12-9;1-2/h1-8H2;1-2H3. The van der Waals surface area contributed by atoms with E-state index in [1.54, 1.807) is 0 Å². The first kappa shape index (κ1) is 12.7. The van der Waals surface area contributed by atoms with Gasteiger partial charge in [0.15, 0.2) is 0 Å². The lowest BCUT2D eigenvalue weighted by Crippen LogP contribution is -2.58. The number of nitrogens with zero attached hydrogens (tertiary/aromatic N) is 1.